The van der Waals surface area contributed by atoms with Crippen molar-refractivity contribution >= 4 is 52.3 Å². The lowest BCUT2D eigenvalue weighted by atomic mass is 9.78. The Morgan fingerprint density at radius 3 is 2.29 bits per heavy atom. The predicted octanol–water partition coefficient (Wildman–Crippen LogP) is 10.4. The fourth-order valence-electron chi connectivity index (χ4n) is 10.5. The Labute approximate surface area is 470 Å². The zero-order valence-corrected chi connectivity index (χ0v) is 47.1. The van der Waals surface area contributed by atoms with Crippen LogP contribution in [-0.4, -0.2) is 128 Å². The summed E-state index contributed by atoms with van der Waals surface area (Å²) in [6, 6.07) is 20.9. The van der Waals surface area contributed by atoms with Crippen molar-refractivity contribution in [2.45, 2.75) is 121 Å². The van der Waals surface area contributed by atoms with Crippen molar-refractivity contribution in [2.24, 2.45) is 5.92 Å². The zero-order chi connectivity index (χ0) is 56.8. The summed E-state index contributed by atoms with van der Waals surface area (Å²) >= 11 is 2.88. The third kappa shape index (κ3) is 13.7. The second kappa shape index (κ2) is 24.8. The van der Waals surface area contributed by atoms with Crippen LogP contribution >= 0.6 is 22.7 Å². The molecule has 5 heterocycles. The lowest BCUT2D eigenvalue weighted by Gasteiger charge is -2.40. The molecule has 1 saturated carbocycles. The molecule has 2 aliphatic heterocycles. The lowest BCUT2D eigenvalue weighted by Crippen LogP contribution is -2.56. The van der Waals surface area contributed by atoms with Gasteiger partial charge in [0.2, 0.25) is 23.4 Å². The zero-order valence-electron chi connectivity index (χ0n) is 45.4. The van der Waals surface area contributed by atoms with E-state index < -0.39 is 53.1 Å². The Balaban J connectivity index is 0.811. The van der Waals surface area contributed by atoms with E-state index in [1.165, 1.54) is 35.4 Å². The predicted molar refractivity (Wildman–Crippen MR) is 295 cm³/mol. The molecule has 0 unspecified atom stereocenters. The van der Waals surface area contributed by atoms with Crippen LogP contribution in [0.2, 0.25) is 0 Å². The van der Waals surface area contributed by atoms with Gasteiger partial charge in [-0.05, 0) is 109 Å². The number of benzene rings is 3. The molecular formula is C58H66F3N9O8S2. The second-order valence-electron chi connectivity index (χ2n) is 21.8. The fraction of sp³-hybridized carbons (Fsp3) is 0.466. The molecule has 2 N–H and O–H groups in total. The van der Waals surface area contributed by atoms with E-state index in [1.807, 2.05) is 35.7 Å². The molecule has 17 nitrogen and oxygen atoms in total. The van der Waals surface area contributed by atoms with E-state index in [0.29, 0.717) is 68.4 Å². The van der Waals surface area contributed by atoms with E-state index in [0.717, 1.165) is 54.8 Å². The molecule has 0 radical (unpaired) electrons. The second-order valence-corrected chi connectivity index (χ2v) is 23.6. The van der Waals surface area contributed by atoms with Crippen molar-refractivity contribution in [3.8, 4) is 28.4 Å². The van der Waals surface area contributed by atoms with Crippen molar-refractivity contribution in [3.05, 3.63) is 122 Å². The number of ether oxygens (including phenoxy) is 2. The SMILES string of the molecule is C[C@@H](C(=O)N[C@H](C(=O)N1CCC[C@H]1c1nc(C(=O)c2cccc(OCCN3CCC(CNC(=O)c4cccc(-c5noc(C(F)(F)F)n5)c4)(c4nc(-c5ccccc5)cs4)CC3)c2)cs1)C1CCCCC1)N(C)C(=O)OC(C)(C)C. The summed E-state index contributed by atoms with van der Waals surface area (Å²) in [5, 5.41) is 14.9. The number of nitrogens with one attached hydrogen (secondary N) is 2. The molecule has 0 bridgehead atoms. The average molecular weight is 1140 g/mol. The first-order valence-corrected chi connectivity index (χ1v) is 28.8. The van der Waals surface area contributed by atoms with Crippen LogP contribution in [0, 0.1) is 5.92 Å². The molecule has 3 aromatic heterocycles. The van der Waals surface area contributed by atoms with Crippen molar-refractivity contribution in [2.75, 3.05) is 46.4 Å². The number of carbonyl (C=O) groups excluding carboxylic acids is 5. The third-order valence-corrected chi connectivity index (χ3v) is 17.2. The van der Waals surface area contributed by atoms with E-state index in [4.69, 9.17) is 19.4 Å². The van der Waals surface area contributed by atoms with Gasteiger partial charge in [-0.3, -0.25) is 29.0 Å². The van der Waals surface area contributed by atoms with E-state index in [9.17, 15) is 37.1 Å². The summed E-state index contributed by atoms with van der Waals surface area (Å²) in [5.74, 6) is -2.60. The number of amides is 4. The highest BCUT2D eigenvalue weighted by atomic mass is 32.1. The Morgan fingerprint density at radius 1 is 0.838 bits per heavy atom. The Bertz CT molecular complexity index is 3150. The molecule has 3 aromatic carbocycles. The largest absolute Gasteiger partial charge is 0.492 e. The number of halogens is 3. The van der Waals surface area contributed by atoms with E-state index in [1.54, 1.807) is 85.7 Å². The monoisotopic (exact) mass is 1140 g/mol. The highest BCUT2D eigenvalue weighted by Crippen LogP contribution is 2.40. The summed E-state index contributed by atoms with van der Waals surface area (Å²) in [4.78, 5) is 87.7. The van der Waals surface area contributed by atoms with Crippen molar-refractivity contribution in [1.29, 1.82) is 0 Å². The van der Waals surface area contributed by atoms with Crippen LogP contribution in [0.15, 0.2) is 94.1 Å². The quantitative estimate of drug-likeness (QED) is 0.0771. The highest BCUT2D eigenvalue weighted by Gasteiger charge is 2.43. The number of hydrogen-bond donors (Lipinski definition) is 2. The van der Waals surface area contributed by atoms with Crippen LogP contribution in [0.4, 0.5) is 18.0 Å². The number of rotatable bonds is 18. The molecule has 80 heavy (non-hydrogen) atoms. The van der Waals surface area contributed by atoms with Crippen LogP contribution in [0.25, 0.3) is 22.6 Å². The number of carbonyl (C=O) groups is 5. The average Bonchev–Trinajstić information content (AvgIpc) is 4.37. The minimum absolute atomic E-state index is 0.0605. The summed E-state index contributed by atoms with van der Waals surface area (Å²) in [6.07, 6.45) is 1.87. The van der Waals surface area contributed by atoms with Gasteiger partial charge >= 0.3 is 18.2 Å². The van der Waals surface area contributed by atoms with Gasteiger partial charge in [-0.25, -0.2) is 14.8 Å². The maximum Gasteiger partial charge on any atom is 0.471 e. The van der Waals surface area contributed by atoms with Gasteiger partial charge in [0.05, 0.1) is 11.7 Å². The number of alkyl halides is 3. The lowest BCUT2D eigenvalue weighted by molar-refractivity contribution is -0.159. The van der Waals surface area contributed by atoms with Crippen LogP contribution < -0.4 is 15.4 Å². The van der Waals surface area contributed by atoms with Crippen LogP contribution in [0.5, 0.6) is 5.75 Å². The molecule has 22 heteroatoms. The Hall–Kier alpha value is -7.04. The molecule has 9 rings (SSSR count). The van der Waals surface area contributed by atoms with E-state index in [2.05, 4.69) is 30.2 Å². The Kier molecular flexibility index (Phi) is 17.8. The number of piperidine rings is 1. The third-order valence-electron chi connectivity index (χ3n) is 15.2. The van der Waals surface area contributed by atoms with Crippen LogP contribution in [0.3, 0.4) is 0 Å². The van der Waals surface area contributed by atoms with Gasteiger partial charge in [0.15, 0.2) is 0 Å². The molecule has 3 fully saturated rings. The molecule has 3 aliphatic rings. The molecule has 424 valence electrons. The van der Waals surface area contributed by atoms with E-state index >= 15 is 0 Å². The first kappa shape index (κ1) is 57.6. The number of ketones is 1. The van der Waals surface area contributed by atoms with Crippen LogP contribution in [-0.2, 0) is 25.9 Å². The van der Waals surface area contributed by atoms with Gasteiger partial charge in [0.1, 0.15) is 45.8 Å². The number of likely N-dealkylation sites (N-methyl/N-ethyl adjacent to an activating group) is 1. The first-order chi connectivity index (χ1) is 38.2. The molecule has 0 spiro atoms. The van der Waals surface area contributed by atoms with Crippen molar-refractivity contribution in [3.63, 3.8) is 0 Å². The maximum absolute atomic E-state index is 14.6. The van der Waals surface area contributed by atoms with Crippen molar-refractivity contribution in [1.82, 2.24) is 45.4 Å². The fourth-order valence-corrected chi connectivity index (χ4v) is 12.5. The van der Waals surface area contributed by atoms with Gasteiger partial charge < -0.3 is 29.5 Å². The molecule has 4 amide bonds. The summed E-state index contributed by atoms with van der Waals surface area (Å²) in [6.45, 7) is 9.92. The normalized spacial score (nSPS) is 17.8. The topological polar surface area (TPSA) is 202 Å². The number of nitrogens with zero attached hydrogens (tertiary/aromatic N) is 7. The number of likely N-dealkylation sites (tertiary alicyclic amines) is 2. The summed E-state index contributed by atoms with van der Waals surface area (Å²) < 4.78 is 55.7. The summed E-state index contributed by atoms with van der Waals surface area (Å²) in [7, 11) is 1.51. The molecule has 2 saturated heterocycles. The van der Waals surface area contributed by atoms with Gasteiger partial charge in [0.25, 0.3) is 5.91 Å². The maximum atomic E-state index is 14.6. The van der Waals surface area contributed by atoms with E-state index in [-0.39, 0.29) is 52.8 Å². The summed E-state index contributed by atoms with van der Waals surface area (Å²) in [5.41, 5.74) is 1.65. The standard InChI is InChI=1S/C58H66F3N9O8S2/c1-36(68(5)55(75)77-56(2,3)4)49(72)65-46(38-17-10-7-11-18-38)52(74)70-26-14-23-45(70)51-63-44(34-79-51)47(71)39-19-13-22-42(32-39)76-30-29-69-27-24-57(25-28-69,54-64-43(33-80-54)37-15-8-6-9-16-37)35-62-50(73)41-21-12-20-40(31-41)48-66-53(78-67-48)58(59,60)61/h6,8-9,12-13,15-16,19-22,31-34,36,38,45-46H,7,10-11,14,17-18,23-30,35H2,1-5H3,(H,62,73)(H,65,72)/t36-,45-,46-/m0/s1. The van der Waals surface area contributed by atoms with Crippen LogP contribution in [0.1, 0.15) is 134 Å². The van der Waals surface area contributed by atoms with Gasteiger partial charge in [0, 0.05) is 65.1 Å². The highest BCUT2D eigenvalue weighted by molar-refractivity contribution is 7.10. The first-order valence-electron chi connectivity index (χ1n) is 27.1. The molecular weight excluding hydrogens is 1070 g/mol. The van der Waals surface area contributed by atoms with Crippen molar-refractivity contribution < 1.29 is 51.1 Å². The minimum atomic E-state index is -4.80. The van der Waals surface area contributed by atoms with Gasteiger partial charge in [-0.15, -0.1) is 22.7 Å². The van der Waals surface area contributed by atoms with Gasteiger partial charge in [-0.2, -0.15) is 18.2 Å². The Morgan fingerprint density at radius 2 is 1.56 bits per heavy atom. The molecule has 1 aliphatic carbocycles. The van der Waals surface area contributed by atoms with Gasteiger partial charge in [-0.1, -0.05) is 79.0 Å². The number of thiazole rings is 2. The number of hydrogen-bond acceptors (Lipinski definition) is 15. The molecule has 3 atom stereocenters. The minimum Gasteiger partial charge on any atom is -0.492 e. The smallest absolute Gasteiger partial charge is 0.471 e. The molecule has 6 aromatic rings. The number of aromatic nitrogens is 4.